The minimum Gasteiger partial charge on any atom is -0.456 e. The number of piperidine rings is 1. The number of ether oxygens (including phenoxy) is 1. The Balaban J connectivity index is 1.66. The molecule has 0 radical (unpaired) electrons. The Morgan fingerprint density at radius 2 is 2.05 bits per heavy atom. The fraction of sp³-hybridized carbons (Fsp3) is 0.316. The molecule has 1 saturated heterocycles. The smallest absolute Gasteiger partial charge is 0.146 e. The SMILES string of the molecule is CN1CCCC(/C=C/c2cncc(Oc3ccccc3)c2)C1. The third-order valence-electron chi connectivity index (χ3n) is 3.93. The summed E-state index contributed by atoms with van der Waals surface area (Å²) in [4.78, 5) is 6.67. The number of hydrogen-bond acceptors (Lipinski definition) is 3. The maximum atomic E-state index is 5.82. The minimum absolute atomic E-state index is 0.637. The zero-order valence-corrected chi connectivity index (χ0v) is 13.0. The van der Waals surface area contributed by atoms with Gasteiger partial charge in [-0.25, -0.2) is 0 Å². The summed E-state index contributed by atoms with van der Waals surface area (Å²) >= 11 is 0. The first-order chi connectivity index (χ1) is 10.8. The summed E-state index contributed by atoms with van der Waals surface area (Å²) in [6.07, 6.45) is 10.6. The van der Waals surface area contributed by atoms with E-state index in [-0.39, 0.29) is 0 Å². The van der Waals surface area contributed by atoms with E-state index in [9.17, 15) is 0 Å². The predicted octanol–water partition coefficient (Wildman–Crippen LogP) is 4.23. The molecule has 1 aliphatic rings. The number of nitrogens with zero attached hydrogens (tertiary/aromatic N) is 2. The lowest BCUT2D eigenvalue weighted by Gasteiger charge is -2.27. The van der Waals surface area contributed by atoms with Crippen LogP contribution in [0, 0.1) is 5.92 Å². The topological polar surface area (TPSA) is 25.4 Å². The zero-order valence-electron chi connectivity index (χ0n) is 13.0. The summed E-state index contributed by atoms with van der Waals surface area (Å²) in [5, 5.41) is 0. The highest BCUT2D eigenvalue weighted by atomic mass is 16.5. The summed E-state index contributed by atoms with van der Waals surface area (Å²) in [7, 11) is 2.19. The van der Waals surface area contributed by atoms with Gasteiger partial charge >= 0.3 is 0 Å². The van der Waals surface area contributed by atoms with Gasteiger partial charge in [-0.3, -0.25) is 4.98 Å². The van der Waals surface area contributed by atoms with Gasteiger partial charge < -0.3 is 9.64 Å². The Morgan fingerprint density at radius 1 is 1.18 bits per heavy atom. The molecule has 1 fully saturated rings. The molecule has 3 heteroatoms. The Morgan fingerprint density at radius 3 is 2.86 bits per heavy atom. The van der Waals surface area contributed by atoms with Crippen LogP contribution in [0.3, 0.4) is 0 Å². The highest BCUT2D eigenvalue weighted by molar-refractivity contribution is 5.50. The second-order valence-electron chi connectivity index (χ2n) is 5.89. The largest absolute Gasteiger partial charge is 0.456 e. The quantitative estimate of drug-likeness (QED) is 0.844. The van der Waals surface area contributed by atoms with Gasteiger partial charge in [0.1, 0.15) is 11.5 Å². The van der Waals surface area contributed by atoms with E-state index in [1.807, 2.05) is 42.6 Å². The van der Waals surface area contributed by atoms with E-state index in [1.165, 1.54) is 19.4 Å². The third kappa shape index (κ3) is 4.18. The van der Waals surface area contributed by atoms with Gasteiger partial charge in [-0.15, -0.1) is 0 Å². The van der Waals surface area contributed by atoms with Crippen LogP contribution in [0.5, 0.6) is 11.5 Å². The number of likely N-dealkylation sites (tertiary alicyclic amines) is 1. The first kappa shape index (κ1) is 14.8. The molecule has 0 spiro atoms. The second kappa shape index (κ2) is 7.23. The molecule has 1 unspecified atom stereocenters. The zero-order chi connectivity index (χ0) is 15.2. The van der Waals surface area contributed by atoms with E-state index in [2.05, 4.69) is 29.1 Å². The molecule has 0 N–H and O–H groups in total. The average molecular weight is 294 g/mol. The normalized spacial score (nSPS) is 19.4. The van der Waals surface area contributed by atoms with E-state index < -0.39 is 0 Å². The maximum absolute atomic E-state index is 5.82. The van der Waals surface area contributed by atoms with Crippen LogP contribution in [0.4, 0.5) is 0 Å². The number of benzene rings is 1. The first-order valence-corrected chi connectivity index (χ1v) is 7.84. The molecule has 1 aliphatic heterocycles. The van der Waals surface area contributed by atoms with Gasteiger partial charge in [-0.05, 0) is 56.1 Å². The van der Waals surface area contributed by atoms with Crippen molar-refractivity contribution in [3.05, 3.63) is 60.4 Å². The molecule has 1 aromatic heterocycles. The van der Waals surface area contributed by atoms with Crippen molar-refractivity contribution in [2.24, 2.45) is 5.92 Å². The van der Waals surface area contributed by atoms with E-state index in [0.29, 0.717) is 5.92 Å². The van der Waals surface area contributed by atoms with E-state index in [0.717, 1.165) is 23.6 Å². The molecule has 0 saturated carbocycles. The fourth-order valence-electron chi connectivity index (χ4n) is 2.82. The monoisotopic (exact) mass is 294 g/mol. The molecule has 0 amide bonds. The summed E-state index contributed by atoms with van der Waals surface area (Å²) in [5.41, 5.74) is 1.08. The number of pyridine rings is 1. The van der Waals surface area contributed by atoms with Crippen LogP contribution in [0.15, 0.2) is 54.9 Å². The average Bonchev–Trinajstić information content (AvgIpc) is 2.54. The van der Waals surface area contributed by atoms with Crippen LogP contribution >= 0.6 is 0 Å². The summed E-state index contributed by atoms with van der Waals surface area (Å²) in [6, 6.07) is 11.8. The number of para-hydroxylation sites is 1. The van der Waals surface area contributed by atoms with Crippen LogP contribution in [-0.2, 0) is 0 Å². The molecule has 1 aromatic carbocycles. The van der Waals surface area contributed by atoms with Gasteiger partial charge in [0.15, 0.2) is 0 Å². The van der Waals surface area contributed by atoms with Crippen LogP contribution in [0.1, 0.15) is 18.4 Å². The van der Waals surface area contributed by atoms with Crippen LogP contribution < -0.4 is 4.74 Å². The van der Waals surface area contributed by atoms with E-state index in [1.54, 1.807) is 6.20 Å². The molecule has 22 heavy (non-hydrogen) atoms. The minimum atomic E-state index is 0.637. The van der Waals surface area contributed by atoms with Crippen molar-refractivity contribution in [1.29, 1.82) is 0 Å². The fourth-order valence-corrected chi connectivity index (χ4v) is 2.82. The summed E-state index contributed by atoms with van der Waals surface area (Å²) in [6.45, 7) is 2.36. The van der Waals surface area contributed by atoms with Gasteiger partial charge in [0.25, 0.3) is 0 Å². The highest BCUT2D eigenvalue weighted by Gasteiger charge is 2.14. The van der Waals surface area contributed by atoms with Crippen LogP contribution in [0.25, 0.3) is 6.08 Å². The van der Waals surface area contributed by atoms with Gasteiger partial charge in [0, 0.05) is 12.7 Å². The first-order valence-electron chi connectivity index (χ1n) is 7.84. The van der Waals surface area contributed by atoms with Crippen LogP contribution in [-0.4, -0.2) is 30.0 Å². The highest BCUT2D eigenvalue weighted by Crippen LogP contribution is 2.22. The van der Waals surface area contributed by atoms with Gasteiger partial charge in [0.05, 0.1) is 6.20 Å². The lowest BCUT2D eigenvalue weighted by molar-refractivity contribution is 0.238. The van der Waals surface area contributed by atoms with Gasteiger partial charge in [0.2, 0.25) is 0 Å². The molecular formula is C19H22N2O. The number of aromatic nitrogens is 1. The van der Waals surface area contributed by atoms with Crippen molar-refractivity contribution in [3.8, 4) is 11.5 Å². The van der Waals surface area contributed by atoms with Crippen molar-refractivity contribution < 1.29 is 4.74 Å². The Labute approximate surface area is 132 Å². The maximum Gasteiger partial charge on any atom is 0.146 e. The third-order valence-corrected chi connectivity index (χ3v) is 3.93. The van der Waals surface area contributed by atoms with E-state index in [4.69, 9.17) is 4.74 Å². The molecule has 114 valence electrons. The predicted molar refractivity (Wildman–Crippen MR) is 90.0 cm³/mol. The Bertz CT molecular complexity index is 624. The molecule has 0 aliphatic carbocycles. The number of rotatable bonds is 4. The van der Waals surface area contributed by atoms with Crippen molar-refractivity contribution >= 4 is 6.08 Å². The molecule has 0 bridgehead atoms. The molecule has 2 heterocycles. The molecular weight excluding hydrogens is 272 g/mol. The van der Waals surface area contributed by atoms with E-state index >= 15 is 0 Å². The standard InChI is InChI=1S/C19H22N2O/c1-21-11-5-6-16(15-21)9-10-17-12-19(14-20-13-17)22-18-7-3-2-4-8-18/h2-4,7-10,12-14,16H,5-6,11,15H2,1H3/b10-9+. The van der Waals surface area contributed by atoms with Crippen molar-refractivity contribution in [2.75, 3.05) is 20.1 Å². The molecule has 2 aromatic rings. The van der Waals surface area contributed by atoms with Crippen molar-refractivity contribution in [3.63, 3.8) is 0 Å². The Hall–Kier alpha value is -2.13. The summed E-state index contributed by atoms with van der Waals surface area (Å²) in [5.74, 6) is 2.24. The Kier molecular flexibility index (Phi) is 4.86. The van der Waals surface area contributed by atoms with Gasteiger partial charge in [-0.2, -0.15) is 0 Å². The van der Waals surface area contributed by atoms with Crippen molar-refractivity contribution in [2.45, 2.75) is 12.8 Å². The molecule has 3 rings (SSSR count). The molecule has 3 nitrogen and oxygen atoms in total. The second-order valence-corrected chi connectivity index (χ2v) is 5.89. The molecule has 1 atom stereocenters. The lowest BCUT2D eigenvalue weighted by atomic mass is 9.97. The summed E-state index contributed by atoms with van der Waals surface area (Å²) < 4.78 is 5.82. The van der Waals surface area contributed by atoms with Gasteiger partial charge in [-0.1, -0.05) is 30.4 Å². The van der Waals surface area contributed by atoms with Crippen molar-refractivity contribution in [1.82, 2.24) is 9.88 Å². The van der Waals surface area contributed by atoms with Crippen LogP contribution in [0.2, 0.25) is 0 Å². The lowest BCUT2D eigenvalue weighted by Crippen LogP contribution is -2.30. The number of hydrogen-bond donors (Lipinski definition) is 0.